The molecule has 0 spiro atoms. The number of thioether (sulfide) groups is 1. The van der Waals surface area contributed by atoms with E-state index in [1.54, 1.807) is 11.8 Å². The minimum atomic E-state index is 0.632. The summed E-state index contributed by atoms with van der Waals surface area (Å²) in [5, 5.41) is 2.01. The van der Waals surface area contributed by atoms with E-state index in [2.05, 4.69) is 11.9 Å². The van der Waals surface area contributed by atoms with Gasteiger partial charge in [-0.2, -0.15) is 0 Å². The molecule has 0 aliphatic rings. The van der Waals surface area contributed by atoms with Crippen LogP contribution in [0.1, 0.15) is 13.8 Å². The van der Waals surface area contributed by atoms with Gasteiger partial charge in [0, 0.05) is 6.08 Å². The van der Waals surface area contributed by atoms with Crippen LogP contribution in [0.3, 0.4) is 0 Å². The van der Waals surface area contributed by atoms with Gasteiger partial charge in [0.25, 0.3) is 0 Å². The van der Waals surface area contributed by atoms with Gasteiger partial charge in [0.15, 0.2) is 0 Å². The Labute approximate surface area is 101 Å². The van der Waals surface area contributed by atoms with Crippen molar-refractivity contribution in [2.45, 2.75) is 13.8 Å². The van der Waals surface area contributed by atoms with Crippen LogP contribution in [0, 0.1) is 0 Å². The van der Waals surface area contributed by atoms with Crippen molar-refractivity contribution in [1.82, 2.24) is 0 Å². The molecule has 0 saturated carbocycles. The molecule has 0 heterocycles. The zero-order valence-electron chi connectivity index (χ0n) is 9.72. The van der Waals surface area contributed by atoms with Crippen molar-refractivity contribution in [2.75, 3.05) is 12.4 Å². The van der Waals surface area contributed by atoms with E-state index in [9.17, 15) is 0 Å². The van der Waals surface area contributed by atoms with E-state index >= 15 is 0 Å². The second kappa shape index (κ2) is 7.99. The topological polar surface area (TPSA) is 21.6 Å². The molecule has 2 nitrogen and oxygen atoms in total. The molecule has 1 aromatic carbocycles. The lowest BCUT2D eigenvalue weighted by molar-refractivity contribution is 0.330. The Morgan fingerprint density at radius 3 is 2.69 bits per heavy atom. The highest BCUT2D eigenvalue weighted by molar-refractivity contribution is 8.02. The van der Waals surface area contributed by atoms with Gasteiger partial charge in [-0.3, -0.25) is 0 Å². The number of ether oxygens (including phenoxy) is 1. The molecule has 0 unspecified atom stereocenters. The van der Waals surface area contributed by atoms with Gasteiger partial charge in [0.2, 0.25) is 5.90 Å². The molecule has 86 valence electrons. The van der Waals surface area contributed by atoms with Crippen molar-refractivity contribution < 1.29 is 4.74 Å². The Balaban J connectivity index is 2.72. The average molecular weight is 235 g/mol. The van der Waals surface area contributed by atoms with Crippen LogP contribution in [0.5, 0.6) is 0 Å². The molecule has 3 heteroatoms. The molecular formula is C13H17NOS. The highest BCUT2D eigenvalue weighted by atomic mass is 32.2. The SMILES string of the molecule is CCOC(C=CSCC)=Nc1ccccc1. The van der Waals surface area contributed by atoms with E-state index in [1.165, 1.54) is 0 Å². The number of hydrogen-bond donors (Lipinski definition) is 0. The van der Waals surface area contributed by atoms with E-state index in [1.807, 2.05) is 48.7 Å². The van der Waals surface area contributed by atoms with Crippen LogP contribution in [-0.2, 0) is 4.74 Å². The van der Waals surface area contributed by atoms with Crippen LogP contribution in [0.2, 0.25) is 0 Å². The lowest BCUT2D eigenvalue weighted by atomic mass is 10.3. The monoisotopic (exact) mass is 235 g/mol. The molecule has 0 aromatic heterocycles. The van der Waals surface area contributed by atoms with Gasteiger partial charge >= 0.3 is 0 Å². The van der Waals surface area contributed by atoms with Crippen LogP contribution in [0.25, 0.3) is 0 Å². The Hall–Kier alpha value is -1.22. The molecule has 1 rings (SSSR count). The van der Waals surface area contributed by atoms with Gasteiger partial charge in [-0.15, -0.1) is 11.8 Å². The fourth-order valence-electron chi connectivity index (χ4n) is 1.10. The van der Waals surface area contributed by atoms with E-state index in [-0.39, 0.29) is 0 Å². The summed E-state index contributed by atoms with van der Waals surface area (Å²) in [5.74, 6) is 1.72. The van der Waals surface area contributed by atoms with Gasteiger partial charge in [0.1, 0.15) is 0 Å². The van der Waals surface area contributed by atoms with Gasteiger partial charge < -0.3 is 4.74 Å². The highest BCUT2D eigenvalue weighted by Gasteiger charge is 1.94. The predicted molar refractivity (Wildman–Crippen MR) is 72.4 cm³/mol. The first kappa shape index (κ1) is 12.8. The highest BCUT2D eigenvalue weighted by Crippen LogP contribution is 2.11. The predicted octanol–water partition coefficient (Wildman–Crippen LogP) is 4.02. The molecule has 0 fully saturated rings. The number of aliphatic imine (C=N–C) groups is 1. The first-order valence-corrected chi connectivity index (χ1v) is 6.46. The molecule has 0 saturated heterocycles. The summed E-state index contributed by atoms with van der Waals surface area (Å²) in [6, 6.07) is 9.82. The quantitative estimate of drug-likeness (QED) is 0.568. The molecule has 0 bridgehead atoms. The molecule has 0 aliphatic carbocycles. The molecule has 16 heavy (non-hydrogen) atoms. The smallest absolute Gasteiger partial charge is 0.214 e. The standard InChI is InChI=1S/C13H17NOS/c1-3-15-13(10-11-16-4-2)14-12-8-6-5-7-9-12/h5-11H,3-4H2,1-2H3. The third kappa shape index (κ3) is 5.03. The average Bonchev–Trinajstić information content (AvgIpc) is 2.31. The van der Waals surface area contributed by atoms with Crippen LogP contribution in [0.15, 0.2) is 46.8 Å². The Morgan fingerprint density at radius 1 is 1.31 bits per heavy atom. The van der Waals surface area contributed by atoms with Crippen molar-refractivity contribution in [3.8, 4) is 0 Å². The Bertz CT molecular complexity index is 346. The molecule has 0 amide bonds. The summed E-state index contributed by atoms with van der Waals surface area (Å²) >= 11 is 1.73. The van der Waals surface area contributed by atoms with Crippen molar-refractivity contribution in [3.05, 3.63) is 41.8 Å². The third-order valence-electron chi connectivity index (χ3n) is 1.76. The maximum absolute atomic E-state index is 5.44. The van der Waals surface area contributed by atoms with Crippen molar-refractivity contribution in [3.63, 3.8) is 0 Å². The summed E-state index contributed by atoms with van der Waals surface area (Å²) in [7, 11) is 0. The number of para-hydroxylation sites is 1. The number of hydrogen-bond acceptors (Lipinski definition) is 3. The maximum atomic E-state index is 5.44. The summed E-state index contributed by atoms with van der Waals surface area (Å²) in [6.07, 6.45) is 1.91. The second-order valence-corrected chi connectivity index (χ2v) is 4.16. The summed E-state index contributed by atoms with van der Waals surface area (Å²) in [5.41, 5.74) is 0.914. The van der Waals surface area contributed by atoms with Gasteiger partial charge in [-0.25, -0.2) is 4.99 Å². The molecule has 0 N–H and O–H groups in total. The van der Waals surface area contributed by atoms with E-state index in [0.29, 0.717) is 12.5 Å². The lowest BCUT2D eigenvalue weighted by Gasteiger charge is -2.02. The summed E-state index contributed by atoms with van der Waals surface area (Å²) < 4.78 is 5.44. The molecule has 0 aliphatic heterocycles. The minimum Gasteiger partial charge on any atom is -0.478 e. The summed E-state index contributed by atoms with van der Waals surface area (Å²) in [6.45, 7) is 4.71. The van der Waals surface area contributed by atoms with E-state index in [4.69, 9.17) is 4.74 Å². The number of rotatable bonds is 5. The van der Waals surface area contributed by atoms with Gasteiger partial charge in [0.05, 0.1) is 12.3 Å². The number of nitrogens with zero attached hydrogens (tertiary/aromatic N) is 1. The van der Waals surface area contributed by atoms with E-state index in [0.717, 1.165) is 11.4 Å². The zero-order valence-corrected chi connectivity index (χ0v) is 10.5. The van der Waals surface area contributed by atoms with Crippen LogP contribution < -0.4 is 0 Å². The van der Waals surface area contributed by atoms with Crippen molar-refractivity contribution >= 4 is 23.3 Å². The lowest BCUT2D eigenvalue weighted by Crippen LogP contribution is -1.99. The van der Waals surface area contributed by atoms with Crippen molar-refractivity contribution in [1.29, 1.82) is 0 Å². The normalized spacial score (nSPS) is 12.0. The Morgan fingerprint density at radius 2 is 2.06 bits per heavy atom. The van der Waals surface area contributed by atoms with E-state index < -0.39 is 0 Å². The van der Waals surface area contributed by atoms with Crippen LogP contribution in [-0.4, -0.2) is 18.3 Å². The van der Waals surface area contributed by atoms with Crippen LogP contribution >= 0.6 is 11.8 Å². The van der Waals surface area contributed by atoms with Crippen LogP contribution in [0.4, 0.5) is 5.69 Å². The zero-order chi connectivity index (χ0) is 11.6. The first-order valence-electron chi connectivity index (χ1n) is 5.41. The van der Waals surface area contributed by atoms with Gasteiger partial charge in [-0.05, 0) is 30.2 Å². The largest absolute Gasteiger partial charge is 0.478 e. The maximum Gasteiger partial charge on any atom is 0.214 e. The Kier molecular flexibility index (Phi) is 6.42. The molecular weight excluding hydrogens is 218 g/mol. The minimum absolute atomic E-state index is 0.632. The molecule has 1 aromatic rings. The fourth-order valence-corrected chi connectivity index (χ4v) is 1.50. The third-order valence-corrected chi connectivity index (χ3v) is 2.42. The van der Waals surface area contributed by atoms with Gasteiger partial charge in [-0.1, -0.05) is 25.1 Å². The fraction of sp³-hybridized carbons (Fsp3) is 0.308. The first-order chi connectivity index (χ1) is 7.86. The molecule has 0 radical (unpaired) electrons. The number of benzene rings is 1. The van der Waals surface area contributed by atoms with Crippen molar-refractivity contribution in [2.24, 2.45) is 4.99 Å². The molecule has 0 atom stereocenters. The second-order valence-electron chi connectivity index (χ2n) is 2.98. The summed E-state index contributed by atoms with van der Waals surface area (Å²) in [4.78, 5) is 4.41.